The zero-order valence-corrected chi connectivity index (χ0v) is 13.3. The first-order chi connectivity index (χ1) is 11.2. The maximum Gasteiger partial charge on any atom is 0.408 e. The van der Waals surface area contributed by atoms with E-state index in [1.807, 2.05) is 6.07 Å². The van der Waals surface area contributed by atoms with Gasteiger partial charge in [0.1, 0.15) is 11.3 Å². The fourth-order valence-electron chi connectivity index (χ4n) is 5.78. The van der Waals surface area contributed by atoms with Gasteiger partial charge in [-0.1, -0.05) is 30.3 Å². The Morgan fingerprint density at radius 1 is 1.00 bits per heavy atom. The number of amides is 1. The van der Waals surface area contributed by atoms with Gasteiger partial charge in [0.15, 0.2) is 0 Å². The van der Waals surface area contributed by atoms with Crippen LogP contribution in [-0.2, 0) is 6.54 Å². The lowest BCUT2D eigenvalue weighted by atomic mass is 9.48. The van der Waals surface area contributed by atoms with Crippen molar-refractivity contribution in [2.45, 2.75) is 67.5 Å². The summed E-state index contributed by atoms with van der Waals surface area (Å²) in [6.07, 6.45) is -1.57. The van der Waals surface area contributed by atoms with E-state index in [4.69, 9.17) is 0 Å². The van der Waals surface area contributed by atoms with Gasteiger partial charge in [-0.05, 0) is 5.56 Å². The topological polar surface area (TPSA) is 60.8 Å². The van der Waals surface area contributed by atoms with Gasteiger partial charge in [0, 0.05) is 45.1 Å². The molecule has 5 rings (SSSR count). The molecule has 0 spiro atoms. The molecule has 4 nitrogen and oxygen atoms in total. The summed E-state index contributed by atoms with van der Waals surface area (Å²) in [5.41, 5.74) is -5.54. The Morgan fingerprint density at radius 3 is 2.08 bits per heavy atom. The minimum absolute atomic E-state index is 0.0346. The number of carboxylic acid groups (broad SMARTS) is 1. The second kappa shape index (κ2) is 4.69. The molecule has 4 aliphatic carbocycles. The van der Waals surface area contributed by atoms with E-state index in [1.54, 1.807) is 24.3 Å². The Balaban J connectivity index is 1.73. The van der Waals surface area contributed by atoms with Gasteiger partial charge in [0.05, 0.1) is 11.1 Å². The molecule has 24 heavy (non-hydrogen) atoms. The molecule has 1 aromatic carbocycles. The highest BCUT2D eigenvalue weighted by atomic mass is 19.2. The lowest BCUT2D eigenvalue weighted by molar-refractivity contribution is -0.241. The summed E-state index contributed by atoms with van der Waals surface area (Å²) < 4.78 is 30.3. The number of aliphatic hydroxyl groups is 1. The molecule has 2 N–H and O–H groups in total. The molecule has 0 radical (unpaired) electrons. The average molecular weight is 337 g/mol. The summed E-state index contributed by atoms with van der Waals surface area (Å²) in [4.78, 5) is 13.1. The number of hydrogen-bond donors (Lipinski definition) is 2. The lowest BCUT2D eigenvalue weighted by Gasteiger charge is -2.66. The van der Waals surface area contributed by atoms with Crippen molar-refractivity contribution in [2.24, 2.45) is 0 Å². The number of nitrogens with zero attached hydrogens (tertiary/aromatic N) is 1. The predicted octanol–water partition coefficient (Wildman–Crippen LogP) is 3.43. The van der Waals surface area contributed by atoms with Gasteiger partial charge in [-0.25, -0.2) is 13.6 Å². The van der Waals surface area contributed by atoms with Gasteiger partial charge in [0.25, 0.3) is 0 Å². The van der Waals surface area contributed by atoms with Crippen molar-refractivity contribution in [3.63, 3.8) is 0 Å². The zero-order valence-electron chi connectivity index (χ0n) is 13.3. The molecule has 4 saturated carbocycles. The first kappa shape index (κ1) is 15.8. The molecular weight excluding hydrogens is 316 g/mol. The van der Waals surface area contributed by atoms with Crippen molar-refractivity contribution in [2.75, 3.05) is 0 Å². The van der Waals surface area contributed by atoms with Crippen molar-refractivity contribution in [3.05, 3.63) is 35.9 Å². The fraction of sp³-hybridized carbons (Fsp3) is 0.611. The van der Waals surface area contributed by atoms with E-state index < -0.39 is 28.6 Å². The highest BCUT2D eigenvalue weighted by molar-refractivity contribution is 5.67. The van der Waals surface area contributed by atoms with Crippen LogP contribution >= 0.6 is 0 Å². The first-order valence-corrected chi connectivity index (χ1v) is 8.30. The minimum Gasteiger partial charge on any atom is -0.465 e. The van der Waals surface area contributed by atoms with Crippen LogP contribution in [-0.4, -0.2) is 43.7 Å². The van der Waals surface area contributed by atoms with Crippen molar-refractivity contribution in [1.29, 1.82) is 0 Å². The Kier molecular flexibility index (Phi) is 3.09. The van der Waals surface area contributed by atoms with Crippen LogP contribution in [0.15, 0.2) is 30.3 Å². The van der Waals surface area contributed by atoms with Gasteiger partial charge in [0.2, 0.25) is 0 Å². The molecule has 1 aromatic rings. The van der Waals surface area contributed by atoms with Crippen LogP contribution in [0.5, 0.6) is 0 Å². The highest BCUT2D eigenvalue weighted by Gasteiger charge is 2.71. The van der Waals surface area contributed by atoms with Crippen molar-refractivity contribution in [1.82, 2.24) is 4.90 Å². The Bertz CT molecular complexity index is 627. The van der Waals surface area contributed by atoms with E-state index >= 15 is 8.78 Å². The molecule has 0 aliphatic heterocycles. The number of benzene rings is 1. The maximum atomic E-state index is 15.2. The van der Waals surface area contributed by atoms with E-state index in [2.05, 4.69) is 0 Å². The van der Waals surface area contributed by atoms with Gasteiger partial charge in [-0.15, -0.1) is 0 Å². The molecule has 2 atom stereocenters. The normalized spacial score (nSPS) is 43.0. The quantitative estimate of drug-likeness (QED) is 0.888. The summed E-state index contributed by atoms with van der Waals surface area (Å²) in [5, 5.41) is 20.4. The molecule has 4 aliphatic rings. The third-order valence-corrected chi connectivity index (χ3v) is 5.86. The summed E-state index contributed by atoms with van der Waals surface area (Å²) >= 11 is 0. The van der Waals surface area contributed by atoms with Crippen LogP contribution in [0.25, 0.3) is 0 Å². The van der Waals surface area contributed by atoms with Crippen LogP contribution in [0.1, 0.15) is 44.1 Å². The molecule has 0 aromatic heterocycles. The Morgan fingerprint density at radius 2 is 1.58 bits per heavy atom. The van der Waals surface area contributed by atoms with Crippen LogP contribution in [0.2, 0.25) is 0 Å². The SMILES string of the molecule is O=C(O)N(Cc1ccccc1)C12CC3(O)CC(F)(CC(F)(C3)C1)C2. The highest BCUT2D eigenvalue weighted by Crippen LogP contribution is 2.65. The number of halogens is 2. The van der Waals surface area contributed by atoms with Crippen LogP contribution in [0, 0.1) is 0 Å². The van der Waals surface area contributed by atoms with Crippen molar-refractivity contribution >= 4 is 6.09 Å². The standard InChI is InChI=1S/C18H21F2NO3/c19-15-7-16(20)9-17(8-15,12-18(24,10-15)11-16)21(14(22)23)6-13-4-2-1-3-5-13/h1-5,24H,6-12H2,(H,22,23). The molecule has 4 bridgehead atoms. The summed E-state index contributed by atoms with van der Waals surface area (Å²) in [5.74, 6) is 0. The third-order valence-electron chi connectivity index (χ3n) is 5.86. The fourth-order valence-corrected chi connectivity index (χ4v) is 5.78. The molecule has 0 heterocycles. The molecule has 0 saturated heterocycles. The van der Waals surface area contributed by atoms with Gasteiger partial charge in [-0.3, -0.25) is 4.90 Å². The summed E-state index contributed by atoms with van der Waals surface area (Å²) in [7, 11) is 0. The van der Waals surface area contributed by atoms with Crippen molar-refractivity contribution < 1.29 is 23.8 Å². The van der Waals surface area contributed by atoms with Crippen LogP contribution in [0.3, 0.4) is 0 Å². The van der Waals surface area contributed by atoms with Gasteiger partial charge in [-0.2, -0.15) is 0 Å². The maximum absolute atomic E-state index is 15.2. The molecule has 6 heteroatoms. The monoisotopic (exact) mass is 337 g/mol. The zero-order chi connectivity index (χ0) is 17.2. The predicted molar refractivity (Wildman–Crippen MR) is 83.1 cm³/mol. The summed E-state index contributed by atoms with van der Waals surface area (Å²) in [6, 6.07) is 9.02. The second-order valence-electron chi connectivity index (χ2n) is 8.17. The second-order valence-corrected chi connectivity index (χ2v) is 8.17. The van der Waals surface area contributed by atoms with E-state index in [0.29, 0.717) is 0 Å². The third kappa shape index (κ3) is 2.39. The number of alkyl halides is 2. The Hall–Kier alpha value is -1.69. The van der Waals surface area contributed by atoms with Crippen LogP contribution < -0.4 is 0 Å². The van der Waals surface area contributed by atoms with Crippen molar-refractivity contribution in [3.8, 4) is 0 Å². The largest absolute Gasteiger partial charge is 0.465 e. The molecule has 130 valence electrons. The number of hydrogen-bond acceptors (Lipinski definition) is 2. The molecule has 2 unspecified atom stereocenters. The Labute approximate surface area is 139 Å². The molecule has 1 amide bonds. The molecular formula is C18H21F2NO3. The number of carbonyl (C=O) groups is 1. The van der Waals surface area contributed by atoms with Gasteiger partial charge < -0.3 is 10.2 Å². The van der Waals surface area contributed by atoms with E-state index in [0.717, 1.165) is 10.5 Å². The minimum atomic E-state index is -1.83. The van der Waals surface area contributed by atoms with Gasteiger partial charge >= 0.3 is 6.09 Å². The molecule has 4 fully saturated rings. The lowest BCUT2D eigenvalue weighted by Crippen LogP contribution is -2.74. The average Bonchev–Trinajstić information content (AvgIpc) is 2.40. The number of rotatable bonds is 3. The van der Waals surface area contributed by atoms with E-state index in [1.165, 1.54) is 0 Å². The van der Waals surface area contributed by atoms with Crippen LogP contribution in [0.4, 0.5) is 13.6 Å². The van der Waals surface area contributed by atoms with E-state index in [-0.39, 0.29) is 45.1 Å². The van der Waals surface area contributed by atoms with E-state index in [9.17, 15) is 15.0 Å². The first-order valence-electron chi connectivity index (χ1n) is 8.30. The summed E-state index contributed by atoms with van der Waals surface area (Å²) in [6.45, 7) is 0.0679. The smallest absolute Gasteiger partial charge is 0.408 e.